The van der Waals surface area contributed by atoms with E-state index in [1.54, 1.807) is 13.2 Å². The number of carbonyl (C=O) groups excluding carboxylic acids is 1. The van der Waals surface area contributed by atoms with E-state index >= 15 is 0 Å². The van der Waals surface area contributed by atoms with Gasteiger partial charge in [0.25, 0.3) is 0 Å². The molecule has 188 valence electrons. The highest BCUT2D eigenvalue weighted by molar-refractivity contribution is 5.81. The first-order chi connectivity index (χ1) is 16.0. The summed E-state index contributed by atoms with van der Waals surface area (Å²) in [4.78, 5) is 25.9. The summed E-state index contributed by atoms with van der Waals surface area (Å²) < 4.78 is 5.21. The Labute approximate surface area is 203 Å². The molecule has 1 aromatic rings. The molecule has 6 nitrogen and oxygen atoms in total. The molecule has 4 aliphatic rings. The first kappa shape index (κ1) is 24.1. The van der Waals surface area contributed by atoms with Crippen LogP contribution in [0.15, 0.2) is 27.6 Å². The van der Waals surface area contributed by atoms with Crippen molar-refractivity contribution in [3.05, 3.63) is 34.4 Å². The van der Waals surface area contributed by atoms with Crippen LogP contribution in [0.2, 0.25) is 0 Å². The van der Waals surface area contributed by atoms with Crippen molar-refractivity contribution in [2.45, 2.75) is 102 Å². The van der Waals surface area contributed by atoms with Crippen LogP contribution in [0.1, 0.15) is 90.0 Å². The van der Waals surface area contributed by atoms with E-state index in [-0.39, 0.29) is 34.3 Å². The van der Waals surface area contributed by atoms with Gasteiger partial charge in [-0.3, -0.25) is 4.79 Å². The third-order valence-corrected chi connectivity index (χ3v) is 11.2. The molecule has 34 heavy (non-hydrogen) atoms. The van der Waals surface area contributed by atoms with Gasteiger partial charge in [0, 0.05) is 24.6 Å². The summed E-state index contributed by atoms with van der Waals surface area (Å²) in [6.07, 6.45) is 10.9. The molecule has 4 aliphatic carbocycles. The van der Waals surface area contributed by atoms with Crippen molar-refractivity contribution >= 4 is 5.91 Å². The summed E-state index contributed by atoms with van der Waals surface area (Å²) in [5.41, 5.74) is 5.96. The van der Waals surface area contributed by atoms with Gasteiger partial charge >= 0.3 is 5.63 Å². The van der Waals surface area contributed by atoms with Crippen LogP contribution in [0.3, 0.4) is 0 Å². The number of likely N-dealkylation sites (N-methyl/N-ethyl adjacent to an activating group) is 1. The summed E-state index contributed by atoms with van der Waals surface area (Å²) in [5, 5.41) is 12.4. The number of hydrogen-bond acceptors (Lipinski definition) is 5. The largest absolute Gasteiger partial charge is 0.431 e. The van der Waals surface area contributed by atoms with Crippen molar-refractivity contribution in [3.8, 4) is 0 Å². The lowest BCUT2D eigenvalue weighted by Gasteiger charge is -2.64. The highest BCUT2D eigenvalue weighted by Gasteiger charge is 2.67. The Bertz CT molecular complexity index is 986. The summed E-state index contributed by atoms with van der Waals surface area (Å²) >= 11 is 0. The fourth-order valence-electron chi connectivity index (χ4n) is 9.16. The van der Waals surface area contributed by atoms with E-state index in [0.29, 0.717) is 17.8 Å². The third-order valence-electron chi connectivity index (χ3n) is 11.2. The maximum Gasteiger partial charge on any atom is 0.335 e. The Hall–Kier alpha value is -1.66. The molecular weight excluding hydrogens is 428 g/mol. The smallest absolute Gasteiger partial charge is 0.335 e. The third kappa shape index (κ3) is 3.35. The first-order valence-corrected chi connectivity index (χ1v) is 13.3. The molecule has 0 saturated heterocycles. The Morgan fingerprint density at radius 3 is 2.56 bits per heavy atom. The Balaban J connectivity index is 1.38. The monoisotopic (exact) mass is 470 g/mol. The van der Waals surface area contributed by atoms with Crippen LogP contribution in [0, 0.1) is 28.6 Å². The number of rotatable bonds is 3. The van der Waals surface area contributed by atoms with Gasteiger partial charge in [-0.05, 0) is 105 Å². The molecule has 1 heterocycles. The number of amides is 1. The average molecular weight is 471 g/mol. The molecule has 0 spiro atoms. The van der Waals surface area contributed by atoms with Crippen molar-refractivity contribution in [1.29, 1.82) is 0 Å². The minimum atomic E-state index is -0.677. The van der Waals surface area contributed by atoms with Crippen LogP contribution >= 0.6 is 0 Å². The molecule has 1 amide bonds. The van der Waals surface area contributed by atoms with Crippen LogP contribution in [-0.4, -0.2) is 40.6 Å². The standard InChI is InChI=1S/C28H42N2O4/c1-17(29)25(32)30(4)20-9-12-26(2)19(15-20)6-7-23-22(26)10-13-27(3)21(11-14-28(23,27)33)18-5-8-24(31)34-16-18/h5,8,16-17,19-23,33H,6-7,9-15,29H2,1-4H3/t17?,19-,20+,21-,22+,23-,26+,27-,28+/m1/s1. The van der Waals surface area contributed by atoms with Gasteiger partial charge in [0.1, 0.15) is 0 Å². The SMILES string of the molecule is CC(N)C(=O)N(C)[C@H]1CC[C@@]2(C)[C@H](CC[C@@H]3[C@@H]2CC[C@]2(C)[C@@H](c4ccc(=O)oc4)CC[C@]32O)C1. The summed E-state index contributed by atoms with van der Waals surface area (Å²) in [5.74, 6) is 1.69. The van der Waals surface area contributed by atoms with E-state index in [9.17, 15) is 14.7 Å². The molecule has 1 unspecified atom stereocenters. The number of nitrogens with zero attached hydrogens (tertiary/aromatic N) is 1. The van der Waals surface area contributed by atoms with Crippen LogP contribution < -0.4 is 11.4 Å². The lowest BCUT2D eigenvalue weighted by molar-refractivity contribution is -0.203. The maximum atomic E-state index is 12.5. The zero-order valence-electron chi connectivity index (χ0n) is 21.3. The maximum absolute atomic E-state index is 12.5. The summed E-state index contributed by atoms with van der Waals surface area (Å²) in [6, 6.07) is 3.24. The van der Waals surface area contributed by atoms with Crippen LogP contribution in [0.25, 0.3) is 0 Å². The van der Waals surface area contributed by atoms with Crippen LogP contribution in [-0.2, 0) is 4.79 Å². The van der Waals surface area contributed by atoms with E-state index < -0.39 is 11.6 Å². The minimum absolute atomic E-state index is 0.0405. The number of nitrogens with two attached hydrogens (primary N) is 1. The molecule has 4 fully saturated rings. The Morgan fingerprint density at radius 2 is 1.88 bits per heavy atom. The molecule has 5 rings (SSSR count). The second kappa shape index (κ2) is 8.19. The molecule has 4 saturated carbocycles. The molecule has 0 aliphatic heterocycles. The molecule has 1 aromatic heterocycles. The molecule has 3 N–H and O–H groups in total. The van der Waals surface area contributed by atoms with E-state index in [1.807, 2.05) is 18.0 Å². The second-order valence-electron chi connectivity index (χ2n) is 12.5. The minimum Gasteiger partial charge on any atom is -0.431 e. The van der Waals surface area contributed by atoms with E-state index in [1.165, 1.54) is 6.07 Å². The van der Waals surface area contributed by atoms with Gasteiger partial charge in [0.05, 0.1) is 17.9 Å². The fourth-order valence-corrected chi connectivity index (χ4v) is 9.16. The molecule has 0 radical (unpaired) electrons. The molecule has 9 atom stereocenters. The van der Waals surface area contributed by atoms with Crippen LogP contribution in [0.4, 0.5) is 0 Å². The zero-order chi connectivity index (χ0) is 24.5. The van der Waals surface area contributed by atoms with Gasteiger partial charge in [-0.15, -0.1) is 0 Å². The summed E-state index contributed by atoms with van der Waals surface area (Å²) in [7, 11) is 1.92. The van der Waals surface area contributed by atoms with Crippen molar-refractivity contribution in [3.63, 3.8) is 0 Å². The molecular formula is C28H42N2O4. The van der Waals surface area contributed by atoms with E-state index in [4.69, 9.17) is 10.2 Å². The lowest BCUT2D eigenvalue weighted by Crippen LogP contribution is -2.62. The van der Waals surface area contributed by atoms with E-state index in [0.717, 1.165) is 63.4 Å². The van der Waals surface area contributed by atoms with Gasteiger partial charge < -0.3 is 20.2 Å². The van der Waals surface area contributed by atoms with Gasteiger partial charge in [0.2, 0.25) is 5.91 Å². The highest BCUT2D eigenvalue weighted by atomic mass is 16.4. The fraction of sp³-hybridized carbons (Fsp3) is 0.786. The van der Waals surface area contributed by atoms with Gasteiger partial charge in [-0.1, -0.05) is 13.8 Å². The Kier molecular flexibility index (Phi) is 5.80. The van der Waals surface area contributed by atoms with Crippen LogP contribution in [0.5, 0.6) is 0 Å². The predicted octanol–water partition coefficient (Wildman–Crippen LogP) is 4.06. The number of fused-ring (bicyclic) bond motifs is 5. The molecule has 6 heteroatoms. The van der Waals surface area contributed by atoms with Gasteiger partial charge in [-0.25, -0.2) is 4.79 Å². The van der Waals surface area contributed by atoms with Crippen molar-refractivity contribution in [2.75, 3.05) is 7.05 Å². The quantitative estimate of drug-likeness (QED) is 0.695. The normalized spacial score (nSPS) is 44.5. The average Bonchev–Trinajstić information content (AvgIpc) is 3.09. The topological polar surface area (TPSA) is 96.8 Å². The van der Waals surface area contributed by atoms with E-state index in [2.05, 4.69) is 13.8 Å². The van der Waals surface area contributed by atoms with Gasteiger partial charge in [-0.2, -0.15) is 0 Å². The highest BCUT2D eigenvalue weighted by Crippen LogP contribution is 2.70. The van der Waals surface area contributed by atoms with Crippen molar-refractivity contribution in [2.24, 2.45) is 34.3 Å². The zero-order valence-corrected chi connectivity index (χ0v) is 21.3. The predicted molar refractivity (Wildman–Crippen MR) is 131 cm³/mol. The summed E-state index contributed by atoms with van der Waals surface area (Å²) in [6.45, 7) is 6.53. The lowest BCUT2D eigenvalue weighted by atomic mass is 9.43. The number of hydrogen-bond donors (Lipinski definition) is 2. The van der Waals surface area contributed by atoms with Crippen molar-refractivity contribution in [1.82, 2.24) is 4.90 Å². The Morgan fingerprint density at radius 1 is 1.12 bits per heavy atom. The van der Waals surface area contributed by atoms with Gasteiger partial charge in [0.15, 0.2) is 0 Å². The first-order valence-electron chi connectivity index (χ1n) is 13.3. The number of carbonyl (C=O) groups is 1. The second-order valence-corrected chi connectivity index (χ2v) is 12.5. The molecule has 0 bridgehead atoms. The number of aliphatic hydroxyl groups is 1. The van der Waals surface area contributed by atoms with Crippen molar-refractivity contribution < 1.29 is 14.3 Å². The molecule has 0 aromatic carbocycles.